The Hall–Kier alpha value is -1.46. The minimum absolute atomic E-state index is 0.121. The molecule has 1 aromatic heterocycles. The van der Waals surface area contributed by atoms with E-state index in [1.54, 1.807) is 13.3 Å². The first-order chi connectivity index (χ1) is 11.1. The van der Waals surface area contributed by atoms with Crippen LogP contribution in [0.25, 0.3) is 0 Å². The predicted octanol–water partition coefficient (Wildman–Crippen LogP) is 1.95. The number of nitrogens with one attached hydrogen (secondary N) is 2. The molecule has 1 atom stereocenters. The number of carbonyl (C=O) groups is 1. The second-order valence-electron chi connectivity index (χ2n) is 6.81. The minimum atomic E-state index is -0.392. The molecule has 1 amide bonds. The topological polar surface area (TPSA) is 63.2 Å². The van der Waals surface area contributed by atoms with Gasteiger partial charge >= 0.3 is 0 Å². The fraction of sp³-hybridized carbons (Fsp3) is 0.667. The molecule has 0 aliphatic carbocycles. The number of aromatic nitrogens is 1. The molecule has 23 heavy (non-hydrogen) atoms. The summed E-state index contributed by atoms with van der Waals surface area (Å²) in [7, 11) is 1.67. The number of carbonyl (C=O) groups excluding carboxylic acids is 1. The molecular formula is C18H29N3O2. The zero-order valence-electron chi connectivity index (χ0n) is 14.5. The van der Waals surface area contributed by atoms with Gasteiger partial charge in [0.25, 0.3) is 0 Å². The maximum atomic E-state index is 12.8. The normalized spacial score (nSPS) is 18.6. The third kappa shape index (κ3) is 4.52. The number of hydrogen-bond acceptors (Lipinski definition) is 4. The number of ether oxygens (including phenoxy) is 1. The van der Waals surface area contributed by atoms with Crippen LogP contribution in [0.1, 0.15) is 38.2 Å². The lowest BCUT2D eigenvalue weighted by molar-refractivity contribution is -0.136. The van der Waals surface area contributed by atoms with E-state index in [1.807, 2.05) is 12.3 Å². The Bertz CT molecular complexity index is 479. The van der Waals surface area contributed by atoms with E-state index in [-0.39, 0.29) is 11.8 Å². The molecule has 5 nitrogen and oxygen atoms in total. The highest BCUT2D eigenvalue weighted by molar-refractivity contribution is 5.83. The first-order valence-electron chi connectivity index (χ1n) is 8.47. The van der Waals surface area contributed by atoms with Gasteiger partial charge in [-0.2, -0.15) is 0 Å². The number of nitrogens with zero attached hydrogens (tertiary/aromatic N) is 1. The van der Waals surface area contributed by atoms with Gasteiger partial charge in [0.1, 0.15) is 0 Å². The van der Waals surface area contributed by atoms with Crippen molar-refractivity contribution in [2.45, 2.75) is 32.6 Å². The SMILES string of the molecule is COCC1(C(=O)NCC(c2cccnc2)C(C)C)CCNCC1. The van der Waals surface area contributed by atoms with Gasteiger partial charge in [-0.05, 0) is 43.5 Å². The number of amides is 1. The molecule has 2 rings (SSSR count). The Morgan fingerprint density at radius 2 is 2.17 bits per heavy atom. The highest BCUT2D eigenvalue weighted by atomic mass is 16.5. The molecular weight excluding hydrogens is 290 g/mol. The molecule has 0 radical (unpaired) electrons. The average molecular weight is 319 g/mol. The lowest BCUT2D eigenvalue weighted by Gasteiger charge is -2.36. The molecule has 0 saturated carbocycles. The highest BCUT2D eigenvalue weighted by Crippen LogP contribution is 2.30. The monoisotopic (exact) mass is 319 g/mol. The predicted molar refractivity (Wildman–Crippen MR) is 91.2 cm³/mol. The van der Waals surface area contributed by atoms with E-state index in [1.165, 1.54) is 5.56 Å². The molecule has 1 fully saturated rings. The molecule has 1 aliphatic rings. The van der Waals surface area contributed by atoms with Crippen LogP contribution in [0.15, 0.2) is 24.5 Å². The molecule has 1 aliphatic heterocycles. The van der Waals surface area contributed by atoms with Crippen LogP contribution in [0, 0.1) is 11.3 Å². The summed E-state index contributed by atoms with van der Waals surface area (Å²) in [6.45, 7) is 7.22. The number of pyridine rings is 1. The Morgan fingerprint density at radius 3 is 2.74 bits per heavy atom. The van der Waals surface area contributed by atoms with Gasteiger partial charge in [0, 0.05) is 32.0 Å². The first kappa shape index (κ1) is 17.9. The molecule has 2 heterocycles. The van der Waals surface area contributed by atoms with E-state index < -0.39 is 5.41 Å². The summed E-state index contributed by atoms with van der Waals surface area (Å²) >= 11 is 0. The summed E-state index contributed by atoms with van der Waals surface area (Å²) in [6, 6.07) is 4.03. The van der Waals surface area contributed by atoms with Crippen molar-refractivity contribution in [3.63, 3.8) is 0 Å². The Labute approximate surface area is 139 Å². The maximum Gasteiger partial charge on any atom is 0.228 e. The van der Waals surface area contributed by atoms with Crippen molar-refractivity contribution in [3.05, 3.63) is 30.1 Å². The van der Waals surface area contributed by atoms with Crippen molar-refractivity contribution in [2.75, 3.05) is 33.4 Å². The minimum Gasteiger partial charge on any atom is -0.384 e. The smallest absolute Gasteiger partial charge is 0.228 e. The third-order valence-corrected chi connectivity index (χ3v) is 4.86. The van der Waals surface area contributed by atoms with E-state index in [9.17, 15) is 4.79 Å². The van der Waals surface area contributed by atoms with Gasteiger partial charge in [-0.3, -0.25) is 9.78 Å². The summed E-state index contributed by atoms with van der Waals surface area (Å²) in [5.74, 6) is 0.829. The molecule has 1 saturated heterocycles. The number of piperidine rings is 1. The standard InChI is InChI=1S/C18H29N3O2/c1-14(2)16(15-5-4-8-20-11-15)12-21-17(22)18(13-23-3)6-9-19-10-7-18/h4-5,8,11,14,16,19H,6-7,9-10,12-13H2,1-3H3,(H,21,22). The Morgan fingerprint density at radius 1 is 1.43 bits per heavy atom. The number of rotatable bonds is 7. The van der Waals surface area contributed by atoms with Gasteiger partial charge in [0.2, 0.25) is 5.91 Å². The number of methoxy groups -OCH3 is 1. The van der Waals surface area contributed by atoms with Gasteiger partial charge in [0.05, 0.1) is 12.0 Å². The quantitative estimate of drug-likeness (QED) is 0.806. The second-order valence-corrected chi connectivity index (χ2v) is 6.81. The van der Waals surface area contributed by atoms with Crippen LogP contribution in [-0.4, -0.2) is 44.2 Å². The fourth-order valence-corrected chi connectivity index (χ4v) is 3.34. The summed E-state index contributed by atoms with van der Waals surface area (Å²) < 4.78 is 5.35. The van der Waals surface area contributed by atoms with E-state index in [4.69, 9.17) is 4.74 Å². The van der Waals surface area contributed by atoms with Crippen LogP contribution >= 0.6 is 0 Å². The van der Waals surface area contributed by atoms with Crippen molar-refractivity contribution in [2.24, 2.45) is 11.3 Å². The molecule has 5 heteroatoms. The molecule has 128 valence electrons. The largest absolute Gasteiger partial charge is 0.384 e. The first-order valence-corrected chi connectivity index (χ1v) is 8.47. The van der Waals surface area contributed by atoms with Crippen molar-refractivity contribution in [3.8, 4) is 0 Å². The van der Waals surface area contributed by atoms with Crippen LogP contribution in [-0.2, 0) is 9.53 Å². The van der Waals surface area contributed by atoms with Crippen LogP contribution in [0.2, 0.25) is 0 Å². The van der Waals surface area contributed by atoms with E-state index >= 15 is 0 Å². The summed E-state index contributed by atoms with van der Waals surface area (Å²) in [5, 5.41) is 6.50. The van der Waals surface area contributed by atoms with Crippen molar-refractivity contribution in [1.82, 2.24) is 15.6 Å². The lowest BCUT2D eigenvalue weighted by Crippen LogP contribution is -2.51. The van der Waals surface area contributed by atoms with Crippen LogP contribution in [0.5, 0.6) is 0 Å². The summed E-state index contributed by atoms with van der Waals surface area (Å²) in [6.07, 6.45) is 5.33. The van der Waals surface area contributed by atoms with Crippen LogP contribution in [0.3, 0.4) is 0 Å². The van der Waals surface area contributed by atoms with Crippen molar-refractivity contribution < 1.29 is 9.53 Å². The van der Waals surface area contributed by atoms with Crippen molar-refractivity contribution in [1.29, 1.82) is 0 Å². The van der Waals surface area contributed by atoms with E-state index in [0.717, 1.165) is 25.9 Å². The lowest BCUT2D eigenvalue weighted by atomic mass is 9.78. The van der Waals surface area contributed by atoms with Gasteiger partial charge in [-0.15, -0.1) is 0 Å². The molecule has 2 N–H and O–H groups in total. The van der Waals surface area contributed by atoms with Crippen LogP contribution in [0.4, 0.5) is 0 Å². The maximum absolute atomic E-state index is 12.8. The molecule has 0 bridgehead atoms. The Balaban J connectivity index is 2.03. The average Bonchev–Trinajstić information content (AvgIpc) is 2.56. The molecule has 1 unspecified atom stereocenters. The highest BCUT2D eigenvalue weighted by Gasteiger charge is 2.39. The molecule has 0 spiro atoms. The Kier molecular flexibility index (Phi) is 6.54. The molecule has 1 aromatic rings. The van der Waals surface area contributed by atoms with Gasteiger partial charge < -0.3 is 15.4 Å². The van der Waals surface area contributed by atoms with Crippen molar-refractivity contribution >= 4 is 5.91 Å². The summed E-state index contributed by atoms with van der Waals surface area (Å²) in [5.41, 5.74) is 0.783. The van der Waals surface area contributed by atoms with E-state index in [0.29, 0.717) is 19.1 Å². The van der Waals surface area contributed by atoms with Gasteiger partial charge in [-0.1, -0.05) is 19.9 Å². The third-order valence-electron chi connectivity index (χ3n) is 4.86. The van der Waals surface area contributed by atoms with Gasteiger partial charge in [-0.25, -0.2) is 0 Å². The van der Waals surface area contributed by atoms with E-state index in [2.05, 4.69) is 35.5 Å². The van der Waals surface area contributed by atoms with Gasteiger partial charge in [0.15, 0.2) is 0 Å². The fourth-order valence-electron chi connectivity index (χ4n) is 3.34. The molecule has 0 aromatic carbocycles. The number of hydrogen-bond donors (Lipinski definition) is 2. The van der Waals surface area contributed by atoms with Crippen LogP contribution < -0.4 is 10.6 Å². The zero-order chi connectivity index (χ0) is 16.7. The summed E-state index contributed by atoms with van der Waals surface area (Å²) in [4.78, 5) is 17.0. The second kappa shape index (κ2) is 8.41. The zero-order valence-corrected chi connectivity index (χ0v) is 14.5.